The van der Waals surface area contributed by atoms with Crippen LogP contribution in [0.5, 0.6) is 0 Å². The summed E-state index contributed by atoms with van der Waals surface area (Å²) in [5.41, 5.74) is 1.29. The first-order valence-corrected chi connectivity index (χ1v) is 10.1. The van der Waals surface area contributed by atoms with Crippen molar-refractivity contribution in [2.24, 2.45) is 0 Å². The van der Waals surface area contributed by atoms with Gasteiger partial charge >= 0.3 is 0 Å². The second-order valence-corrected chi connectivity index (χ2v) is 8.12. The highest BCUT2D eigenvalue weighted by atomic mass is 35.5. The zero-order valence-corrected chi connectivity index (χ0v) is 16.0. The lowest BCUT2D eigenvalue weighted by molar-refractivity contribution is 0.0940. The maximum atomic E-state index is 13.2. The summed E-state index contributed by atoms with van der Waals surface area (Å²) in [6.45, 7) is 3.52. The van der Waals surface area contributed by atoms with Crippen molar-refractivity contribution in [3.05, 3.63) is 64.4 Å². The molecule has 0 saturated carbocycles. The van der Waals surface area contributed by atoms with E-state index in [0.29, 0.717) is 23.2 Å². The smallest absolute Gasteiger partial charge is 0.251 e. The van der Waals surface area contributed by atoms with Crippen LogP contribution in [0, 0.1) is 5.82 Å². The summed E-state index contributed by atoms with van der Waals surface area (Å²) in [5, 5.41) is 2.76. The summed E-state index contributed by atoms with van der Waals surface area (Å²) >= 11 is 5.77. The number of amides is 1. The molecule has 0 spiro atoms. The Balaban J connectivity index is 2.12. The van der Waals surface area contributed by atoms with Crippen molar-refractivity contribution in [2.45, 2.75) is 26.3 Å². The SMILES string of the molecule is CCCS(=O)(=O)Nc1cccc(C(=O)NC(C)c2ccc(F)c(Cl)c2)c1. The van der Waals surface area contributed by atoms with Gasteiger partial charge in [-0.2, -0.15) is 0 Å². The van der Waals surface area contributed by atoms with Gasteiger partial charge in [-0.1, -0.05) is 30.7 Å². The second kappa shape index (κ2) is 8.51. The Kier molecular flexibility index (Phi) is 6.61. The van der Waals surface area contributed by atoms with Crippen molar-refractivity contribution in [1.29, 1.82) is 0 Å². The first-order chi connectivity index (χ1) is 12.2. The van der Waals surface area contributed by atoms with Crippen molar-refractivity contribution < 1.29 is 17.6 Å². The number of halogens is 2. The first-order valence-electron chi connectivity index (χ1n) is 8.08. The van der Waals surface area contributed by atoms with Gasteiger partial charge in [-0.15, -0.1) is 0 Å². The van der Waals surface area contributed by atoms with E-state index in [9.17, 15) is 17.6 Å². The van der Waals surface area contributed by atoms with Crippen molar-refractivity contribution in [3.63, 3.8) is 0 Å². The number of rotatable bonds is 7. The standard InChI is InChI=1S/C18H20ClFN2O3S/c1-3-9-26(24,25)22-15-6-4-5-14(10-15)18(23)21-12(2)13-7-8-17(20)16(19)11-13/h4-8,10-12,22H,3,9H2,1-2H3,(H,21,23). The van der Waals surface area contributed by atoms with E-state index < -0.39 is 21.9 Å². The molecule has 0 radical (unpaired) electrons. The Hall–Kier alpha value is -2.12. The quantitative estimate of drug-likeness (QED) is 0.736. The first kappa shape index (κ1) is 20.2. The Labute approximate surface area is 157 Å². The maximum Gasteiger partial charge on any atom is 0.251 e. The predicted octanol–water partition coefficient (Wildman–Crippen LogP) is 4.12. The Morgan fingerprint density at radius 1 is 1.23 bits per heavy atom. The van der Waals surface area contributed by atoms with Gasteiger partial charge in [0.2, 0.25) is 10.0 Å². The molecule has 0 aliphatic heterocycles. The van der Waals surface area contributed by atoms with Crippen molar-refractivity contribution in [3.8, 4) is 0 Å². The molecule has 8 heteroatoms. The highest BCUT2D eigenvalue weighted by Crippen LogP contribution is 2.21. The van der Waals surface area contributed by atoms with E-state index in [2.05, 4.69) is 10.0 Å². The number of nitrogens with one attached hydrogen (secondary N) is 2. The van der Waals surface area contributed by atoms with Gasteiger partial charge in [-0.05, 0) is 49.2 Å². The fraction of sp³-hybridized carbons (Fsp3) is 0.278. The molecule has 1 amide bonds. The van der Waals surface area contributed by atoms with Crippen LogP contribution in [0.25, 0.3) is 0 Å². The molecule has 0 fully saturated rings. The summed E-state index contributed by atoms with van der Waals surface area (Å²) in [6.07, 6.45) is 0.493. The van der Waals surface area contributed by atoms with Crippen LogP contribution in [0.15, 0.2) is 42.5 Å². The van der Waals surface area contributed by atoms with E-state index in [1.165, 1.54) is 18.2 Å². The van der Waals surface area contributed by atoms with E-state index in [-0.39, 0.29) is 16.7 Å². The van der Waals surface area contributed by atoms with Crippen molar-refractivity contribution in [1.82, 2.24) is 5.32 Å². The maximum absolute atomic E-state index is 13.2. The highest BCUT2D eigenvalue weighted by Gasteiger charge is 2.15. The molecule has 2 rings (SSSR count). The minimum Gasteiger partial charge on any atom is -0.346 e. The molecule has 2 N–H and O–H groups in total. The van der Waals surface area contributed by atoms with Gasteiger partial charge < -0.3 is 5.32 Å². The highest BCUT2D eigenvalue weighted by molar-refractivity contribution is 7.92. The molecule has 0 aliphatic carbocycles. The average Bonchev–Trinajstić information content (AvgIpc) is 2.56. The number of sulfonamides is 1. The molecular weight excluding hydrogens is 379 g/mol. The molecule has 2 aromatic rings. The molecule has 140 valence electrons. The zero-order chi connectivity index (χ0) is 19.3. The lowest BCUT2D eigenvalue weighted by atomic mass is 10.1. The molecule has 2 aromatic carbocycles. The molecule has 1 atom stereocenters. The number of carbonyl (C=O) groups is 1. The predicted molar refractivity (Wildman–Crippen MR) is 101 cm³/mol. The van der Waals surface area contributed by atoms with Gasteiger partial charge in [0.25, 0.3) is 5.91 Å². The molecular formula is C18H20ClFN2O3S. The minimum atomic E-state index is -3.43. The molecule has 0 bridgehead atoms. The number of hydrogen-bond acceptors (Lipinski definition) is 3. The zero-order valence-electron chi connectivity index (χ0n) is 14.4. The molecule has 0 aromatic heterocycles. The average molecular weight is 399 g/mol. The van der Waals surface area contributed by atoms with E-state index in [1.54, 1.807) is 38.1 Å². The van der Waals surface area contributed by atoms with Crippen molar-refractivity contribution >= 4 is 33.2 Å². The molecule has 0 heterocycles. The lowest BCUT2D eigenvalue weighted by Crippen LogP contribution is -2.26. The van der Waals surface area contributed by atoms with E-state index in [1.807, 2.05) is 0 Å². The van der Waals surface area contributed by atoms with Crippen LogP contribution in [0.3, 0.4) is 0 Å². The molecule has 26 heavy (non-hydrogen) atoms. The van der Waals surface area contributed by atoms with Gasteiger partial charge in [-0.3, -0.25) is 9.52 Å². The summed E-state index contributed by atoms with van der Waals surface area (Å²) in [4.78, 5) is 12.4. The Morgan fingerprint density at radius 3 is 2.62 bits per heavy atom. The molecule has 1 unspecified atom stereocenters. The Morgan fingerprint density at radius 2 is 1.96 bits per heavy atom. The van der Waals surface area contributed by atoms with E-state index >= 15 is 0 Å². The molecule has 0 saturated heterocycles. The van der Waals surface area contributed by atoms with Crippen LogP contribution in [-0.2, 0) is 10.0 Å². The Bertz CT molecular complexity index is 903. The largest absolute Gasteiger partial charge is 0.346 e. The molecule has 5 nitrogen and oxygen atoms in total. The summed E-state index contributed by atoms with van der Waals surface area (Å²) in [5.74, 6) is -0.901. The molecule has 0 aliphatic rings. The topological polar surface area (TPSA) is 75.3 Å². The summed E-state index contributed by atoms with van der Waals surface area (Å²) in [6, 6.07) is 10.1. The third kappa shape index (κ3) is 5.44. The summed E-state index contributed by atoms with van der Waals surface area (Å²) < 4.78 is 39.4. The fourth-order valence-electron chi connectivity index (χ4n) is 2.37. The van der Waals surface area contributed by atoms with Crippen LogP contribution in [0.1, 0.15) is 42.2 Å². The van der Waals surface area contributed by atoms with Gasteiger partial charge in [-0.25, -0.2) is 12.8 Å². The van der Waals surface area contributed by atoms with Crippen LogP contribution in [0.4, 0.5) is 10.1 Å². The third-order valence-electron chi connectivity index (χ3n) is 3.66. The monoisotopic (exact) mass is 398 g/mol. The van der Waals surface area contributed by atoms with E-state index in [0.717, 1.165) is 0 Å². The number of carbonyl (C=O) groups excluding carboxylic acids is 1. The summed E-state index contributed by atoms with van der Waals surface area (Å²) in [7, 11) is -3.43. The van der Waals surface area contributed by atoms with Crippen LogP contribution < -0.4 is 10.0 Å². The number of anilines is 1. The van der Waals surface area contributed by atoms with Gasteiger partial charge in [0.15, 0.2) is 0 Å². The second-order valence-electron chi connectivity index (χ2n) is 5.87. The number of benzene rings is 2. The van der Waals surface area contributed by atoms with Gasteiger partial charge in [0, 0.05) is 11.3 Å². The fourth-order valence-corrected chi connectivity index (χ4v) is 3.68. The van der Waals surface area contributed by atoms with Crippen LogP contribution in [-0.4, -0.2) is 20.1 Å². The van der Waals surface area contributed by atoms with E-state index in [4.69, 9.17) is 11.6 Å². The van der Waals surface area contributed by atoms with Crippen LogP contribution >= 0.6 is 11.6 Å². The number of hydrogen-bond donors (Lipinski definition) is 2. The normalized spacial score (nSPS) is 12.5. The van der Waals surface area contributed by atoms with Gasteiger partial charge in [0.1, 0.15) is 5.82 Å². The third-order valence-corrected chi connectivity index (χ3v) is 5.44. The minimum absolute atomic E-state index is 0.00574. The van der Waals surface area contributed by atoms with Gasteiger partial charge in [0.05, 0.1) is 16.8 Å². The van der Waals surface area contributed by atoms with Crippen LogP contribution in [0.2, 0.25) is 5.02 Å². The van der Waals surface area contributed by atoms with Crippen molar-refractivity contribution in [2.75, 3.05) is 10.5 Å². The lowest BCUT2D eigenvalue weighted by Gasteiger charge is -2.15.